The SMILES string of the molecule is C=CNC(C)=O.CC(=O)N/C=C\NC(C)=O.CC(=O)NC(C)CC(NC(C)=O)C(C)NC(C)=O.O. The van der Waals surface area contributed by atoms with Crippen LogP contribution in [0.5, 0.6) is 0 Å². The highest BCUT2D eigenvalue weighted by molar-refractivity contribution is 5.76. The molecule has 3 unspecified atom stereocenters. The molecular weight excluding hydrogens is 460 g/mol. The topological polar surface area (TPSA) is 206 Å². The number of rotatable bonds is 9. The number of carbonyl (C=O) groups is 6. The van der Waals surface area contributed by atoms with Crippen LogP contribution in [-0.4, -0.2) is 59.0 Å². The summed E-state index contributed by atoms with van der Waals surface area (Å²) in [6.07, 6.45) is 4.64. The molecule has 0 aliphatic carbocycles. The molecule has 0 saturated carbocycles. The van der Waals surface area contributed by atoms with Crippen LogP contribution in [0, 0.1) is 0 Å². The molecule has 0 aliphatic rings. The molecule has 0 aliphatic heterocycles. The van der Waals surface area contributed by atoms with Gasteiger partial charge in [0.15, 0.2) is 0 Å². The number of hydrogen-bond acceptors (Lipinski definition) is 6. The predicted molar refractivity (Wildman–Crippen MR) is 133 cm³/mol. The first kappa shape index (κ1) is 38.5. The van der Waals surface area contributed by atoms with E-state index in [1.54, 1.807) is 0 Å². The van der Waals surface area contributed by atoms with Crippen LogP contribution in [0.25, 0.3) is 0 Å². The summed E-state index contributed by atoms with van der Waals surface area (Å²) in [6.45, 7) is 15.5. The van der Waals surface area contributed by atoms with Gasteiger partial charge in [-0.25, -0.2) is 0 Å². The molecule has 0 aromatic heterocycles. The minimum Gasteiger partial charge on any atom is -0.412 e. The fourth-order valence-electron chi connectivity index (χ4n) is 2.32. The van der Waals surface area contributed by atoms with Crippen LogP contribution in [0.4, 0.5) is 0 Å². The number of carbonyl (C=O) groups excluding carboxylic acids is 6. The maximum absolute atomic E-state index is 11.1. The zero-order valence-electron chi connectivity index (χ0n) is 21.8. The first-order valence-corrected chi connectivity index (χ1v) is 10.5. The highest BCUT2D eigenvalue weighted by Gasteiger charge is 2.21. The Morgan fingerprint density at radius 1 is 0.629 bits per heavy atom. The quantitative estimate of drug-likeness (QED) is 0.235. The van der Waals surface area contributed by atoms with E-state index in [4.69, 9.17) is 0 Å². The van der Waals surface area contributed by atoms with Gasteiger partial charge in [-0.1, -0.05) is 6.58 Å². The summed E-state index contributed by atoms with van der Waals surface area (Å²) >= 11 is 0. The third-order valence-corrected chi connectivity index (χ3v) is 3.44. The Bertz CT molecular complexity index is 707. The lowest BCUT2D eigenvalue weighted by molar-refractivity contribution is -0.122. The average Bonchev–Trinajstić information content (AvgIpc) is 2.63. The van der Waals surface area contributed by atoms with Crippen LogP contribution in [0.15, 0.2) is 25.2 Å². The van der Waals surface area contributed by atoms with Crippen LogP contribution in [0.3, 0.4) is 0 Å². The molecule has 0 aromatic carbocycles. The number of nitrogens with one attached hydrogen (secondary N) is 6. The Hall–Kier alpha value is -3.74. The van der Waals surface area contributed by atoms with E-state index in [0.29, 0.717) is 6.42 Å². The Labute approximate surface area is 207 Å². The summed E-state index contributed by atoms with van der Waals surface area (Å²) in [5.41, 5.74) is 0. The largest absolute Gasteiger partial charge is 0.412 e. The van der Waals surface area contributed by atoms with Gasteiger partial charge in [0, 0.05) is 66.0 Å². The molecule has 0 fully saturated rings. The molecule has 0 heterocycles. The van der Waals surface area contributed by atoms with Gasteiger partial charge in [0.05, 0.1) is 6.04 Å². The molecule has 0 aromatic rings. The second-order valence-corrected chi connectivity index (χ2v) is 7.27. The number of amides is 6. The zero-order valence-corrected chi connectivity index (χ0v) is 21.8. The van der Waals surface area contributed by atoms with Crippen molar-refractivity contribution in [1.29, 1.82) is 0 Å². The maximum atomic E-state index is 11.1. The van der Waals surface area contributed by atoms with Crippen molar-refractivity contribution in [2.45, 2.75) is 79.9 Å². The smallest absolute Gasteiger partial charge is 0.220 e. The first-order valence-electron chi connectivity index (χ1n) is 10.5. The second kappa shape index (κ2) is 23.4. The molecule has 13 heteroatoms. The predicted octanol–water partition coefficient (Wildman–Crippen LogP) is -0.898. The Morgan fingerprint density at radius 3 is 1.26 bits per heavy atom. The van der Waals surface area contributed by atoms with Gasteiger partial charge in [-0.05, 0) is 26.5 Å². The lowest BCUT2D eigenvalue weighted by Gasteiger charge is -2.28. The Morgan fingerprint density at radius 2 is 1.00 bits per heavy atom. The van der Waals surface area contributed by atoms with Crippen molar-refractivity contribution in [3.05, 3.63) is 25.2 Å². The maximum Gasteiger partial charge on any atom is 0.220 e. The molecule has 0 bridgehead atoms. The van der Waals surface area contributed by atoms with Gasteiger partial charge >= 0.3 is 0 Å². The van der Waals surface area contributed by atoms with Crippen LogP contribution < -0.4 is 31.9 Å². The molecule has 6 amide bonds. The van der Waals surface area contributed by atoms with Crippen molar-refractivity contribution in [3.63, 3.8) is 0 Å². The molecular formula is C22H42N6O7. The molecule has 8 N–H and O–H groups in total. The fourth-order valence-corrected chi connectivity index (χ4v) is 2.32. The molecule has 0 spiro atoms. The monoisotopic (exact) mass is 502 g/mol. The first-order chi connectivity index (χ1) is 15.6. The van der Waals surface area contributed by atoms with Gasteiger partial charge in [0.2, 0.25) is 35.4 Å². The second-order valence-electron chi connectivity index (χ2n) is 7.27. The van der Waals surface area contributed by atoms with Crippen LogP contribution in [0.1, 0.15) is 61.8 Å². The van der Waals surface area contributed by atoms with Crippen molar-refractivity contribution in [1.82, 2.24) is 31.9 Å². The molecule has 0 radical (unpaired) electrons. The molecule has 35 heavy (non-hydrogen) atoms. The standard InChI is InChI=1S/C12H23N3O3.C6H10N2O2.C4H7NO.H2O/c1-7(13-9(3)16)6-12(15-11(5)18)8(2)14-10(4)17;1-5(9)7-3-4-8-6(2)10;1-3-5-4(2)6;/h7-8,12H,6H2,1-5H3,(H,13,16)(H,14,17)(H,15,18);3-4H,1-2H3,(H,7,9)(H,8,10);3H,1H2,2H3,(H,5,6);1H2/b;4-3-;;. The summed E-state index contributed by atoms with van der Waals surface area (Å²) in [4.78, 5) is 63.4. The van der Waals surface area contributed by atoms with Crippen molar-refractivity contribution < 1.29 is 34.2 Å². The van der Waals surface area contributed by atoms with Gasteiger partial charge in [0.1, 0.15) is 0 Å². The van der Waals surface area contributed by atoms with E-state index in [1.807, 2.05) is 13.8 Å². The van der Waals surface area contributed by atoms with E-state index in [0.717, 1.165) is 0 Å². The van der Waals surface area contributed by atoms with Crippen molar-refractivity contribution in [2.75, 3.05) is 0 Å². The van der Waals surface area contributed by atoms with E-state index in [2.05, 4.69) is 38.5 Å². The van der Waals surface area contributed by atoms with Crippen molar-refractivity contribution in [3.8, 4) is 0 Å². The van der Waals surface area contributed by atoms with Crippen molar-refractivity contribution in [2.24, 2.45) is 0 Å². The molecule has 3 atom stereocenters. The van der Waals surface area contributed by atoms with E-state index >= 15 is 0 Å². The highest BCUT2D eigenvalue weighted by Crippen LogP contribution is 2.04. The third-order valence-electron chi connectivity index (χ3n) is 3.44. The van der Waals surface area contributed by atoms with Crippen LogP contribution >= 0.6 is 0 Å². The van der Waals surface area contributed by atoms with E-state index in [1.165, 1.54) is 60.1 Å². The van der Waals surface area contributed by atoms with Gasteiger partial charge in [-0.3, -0.25) is 28.8 Å². The van der Waals surface area contributed by atoms with Crippen molar-refractivity contribution >= 4 is 35.4 Å². The van der Waals surface area contributed by atoms with Crippen LogP contribution in [0.2, 0.25) is 0 Å². The van der Waals surface area contributed by atoms with Gasteiger partial charge in [0.25, 0.3) is 0 Å². The third kappa shape index (κ3) is 35.0. The summed E-state index contributed by atoms with van der Waals surface area (Å²) in [5.74, 6) is -0.832. The summed E-state index contributed by atoms with van der Waals surface area (Å²) in [6, 6.07) is -0.480. The molecule has 0 saturated heterocycles. The summed E-state index contributed by atoms with van der Waals surface area (Å²) in [7, 11) is 0. The average molecular weight is 503 g/mol. The number of hydrogen-bond donors (Lipinski definition) is 6. The van der Waals surface area contributed by atoms with Gasteiger partial charge < -0.3 is 37.4 Å². The Kier molecular flexibility index (Phi) is 25.8. The fraction of sp³-hybridized carbons (Fsp3) is 0.545. The van der Waals surface area contributed by atoms with Gasteiger partial charge in [-0.15, -0.1) is 0 Å². The molecule has 13 nitrogen and oxygen atoms in total. The minimum atomic E-state index is -0.215. The van der Waals surface area contributed by atoms with Crippen LogP contribution in [-0.2, 0) is 28.8 Å². The van der Waals surface area contributed by atoms with E-state index in [9.17, 15) is 28.8 Å². The normalized spacial score (nSPS) is 11.7. The highest BCUT2D eigenvalue weighted by atomic mass is 16.2. The minimum absolute atomic E-state index is 0. The lowest BCUT2D eigenvalue weighted by Crippen LogP contribution is -2.51. The Balaban J connectivity index is -0.000000238. The zero-order chi connectivity index (χ0) is 27.3. The van der Waals surface area contributed by atoms with E-state index < -0.39 is 0 Å². The molecule has 0 rings (SSSR count). The van der Waals surface area contributed by atoms with Gasteiger partial charge in [-0.2, -0.15) is 0 Å². The lowest BCUT2D eigenvalue weighted by atomic mass is 10.0. The summed E-state index contributed by atoms with van der Waals surface area (Å²) < 4.78 is 0. The summed E-state index contributed by atoms with van der Waals surface area (Å²) in [5, 5.41) is 15.3. The van der Waals surface area contributed by atoms with E-state index in [-0.39, 0.29) is 59.0 Å². The molecule has 202 valence electrons.